The van der Waals surface area contributed by atoms with E-state index in [2.05, 4.69) is 18.6 Å². The lowest BCUT2D eigenvalue weighted by Gasteiger charge is -2.15. The van der Waals surface area contributed by atoms with Crippen molar-refractivity contribution in [2.24, 2.45) is 7.05 Å². The molecule has 0 radical (unpaired) electrons. The van der Waals surface area contributed by atoms with Gasteiger partial charge in [-0.15, -0.1) is 0 Å². The van der Waals surface area contributed by atoms with Crippen molar-refractivity contribution in [3.8, 4) is 17.4 Å². The molecule has 0 fully saturated rings. The molecule has 0 aliphatic heterocycles. The molecule has 0 aliphatic rings. The van der Waals surface area contributed by atoms with Crippen LogP contribution in [0.1, 0.15) is 31.5 Å². The van der Waals surface area contributed by atoms with E-state index in [1.807, 2.05) is 0 Å². The Hall–Kier alpha value is -2.18. The number of ether oxygens (including phenoxy) is 2. The number of aromatic nitrogens is 2. The van der Waals surface area contributed by atoms with Gasteiger partial charge in [0.15, 0.2) is 11.9 Å². The van der Waals surface area contributed by atoms with E-state index in [9.17, 15) is 4.79 Å². The van der Waals surface area contributed by atoms with Gasteiger partial charge in [-0.2, -0.15) is 5.10 Å². The standard InChI is InChI=1S/C18H20Cl2N2O4/c1-5-7-14-11(6-2)17(22(4)21-14)26-16-9-15(12(19)8-13(16)20)25-10(3)18(23)24/h6,8-10H,2,5,7H2,1,3-4H3,(H,23,24)/t10-/m0/s1. The number of aliphatic carboxylic acids is 1. The lowest BCUT2D eigenvalue weighted by molar-refractivity contribution is -0.144. The van der Waals surface area contributed by atoms with E-state index in [-0.39, 0.29) is 21.5 Å². The van der Waals surface area contributed by atoms with Crippen molar-refractivity contribution in [2.75, 3.05) is 0 Å². The first-order valence-electron chi connectivity index (χ1n) is 8.03. The van der Waals surface area contributed by atoms with Gasteiger partial charge in [-0.25, -0.2) is 9.48 Å². The van der Waals surface area contributed by atoms with Crippen molar-refractivity contribution < 1.29 is 19.4 Å². The highest BCUT2D eigenvalue weighted by Crippen LogP contribution is 2.39. The molecule has 140 valence electrons. The summed E-state index contributed by atoms with van der Waals surface area (Å²) in [6, 6.07) is 2.91. The summed E-state index contributed by atoms with van der Waals surface area (Å²) in [6.07, 6.45) is 2.33. The molecule has 0 aliphatic carbocycles. The van der Waals surface area contributed by atoms with Gasteiger partial charge in [0.25, 0.3) is 0 Å². The smallest absolute Gasteiger partial charge is 0.344 e. The Labute approximate surface area is 161 Å². The third-order valence-corrected chi connectivity index (χ3v) is 4.23. The Bertz CT molecular complexity index is 833. The van der Waals surface area contributed by atoms with Gasteiger partial charge < -0.3 is 14.6 Å². The average molecular weight is 399 g/mol. The van der Waals surface area contributed by atoms with E-state index in [1.54, 1.807) is 17.8 Å². The molecule has 2 rings (SSSR count). The van der Waals surface area contributed by atoms with Crippen molar-refractivity contribution in [1.29, 1.82) is 0 Å². The molecule has 6 nitrogen and oxygen atoms in total. The first-order valence-corrected chi connectivity index (χ1v) is 8.78. The summed E-state index contributed by atoms with van der Waals surface area (Å²) in [4.78, 5) is 11.0. The summed E-state index contributed by atoms with van der Waals surface area (Å²) in [5.41, 5.74) is 1.66. The van der Waals surface area contributed by atoms with Crippen LogP contribution in [0.5, 0.6) is 17.4 Å². The fraction of sp³-hybridized carbons (Fsp3) is 0.333. The fourth-order valence-electron chi connectivity index (χ4n) is 2.35. The number of carbonyl (C=O) groups is 1. The molecule has 1 heterocycles. The number of benzene rings is 1. The number of nitrogens with zero attached hydrogens (tertiary/aromatic N) is 2. The summed E-state index contributed by atoms with van der Waals surface area (Å²) in [7, 11) is 1.76. The molecule has 2 aromatic rings. The number of hydrogen-bond acceptors (Lipinski definition) is 4. The molecule has 0 saturated heterocycles. The zero-order valence-electron chi connectivity index (χ0n) is 14.8. The maximum Gasteiger partial charge on any atom is 0.344 e. The van der Waals surface area contributed by atoms with Crippen LogP contribution in [0, 0.1) is 0 Å². The summed E-state index contributed by atoms with van der Waals surface area (Å²) >= 11 is 12.3. The van der Waals surface area contributed by atoms with Crippen LogP contribution < -0.4 is 9.47 Å². The van der Waals surface area contributed by atoms with Crippen molar-refractivity contribution in [1.82, 2.24) is 9.78 Å². The van der Waals surface area contributed by atoms with Crippen LogP contribution in [0.2, 0.25) is 10.0 Å². The summed E-state index contributed by atoms with van der Waals surface area (Å²) < 4.78 is 12.9. The fourth-order valence-corrected chi connectivity index (χ4v) is 2.82. The Morgan fingerprint density at radius 2 is 2.04 bits per heavy atom. The summed E-state index contributed by atoms with van der Waals surface area (Å²) in [6.45, 7) is 7.29. The number of carboxylic acid groups (broad SMARTS) is 1. The quantitative estimate of drug-likeness (QED) is 0.679. The number of halogens is 2. The van der Waals surface area contributed by atoms with Gasteiger partial charge in [0, 0.05) is 13.1 Å². The molecule has 1 aromatic carbocycles. The van der Waals surface area contributed by atoms with Crippen molar-refractivity contribution in [3.05, 3.63) is 40.0 Å². The zero-order valence-corrected chi connectivity index (χ0v) is 16.3. The minimum Gasteiger partial charge on any atom is -0.479 e. The highest BCUT2D eigenvalue weighted by Gasteiger charge is 2.20. The predicted octanol–water partition coefficient (Wildman–Crippen LogP) is 4.97. The lowest BCUT2D eigenvalue weighted by atomic mass is 10.1. The van der Waals surface area contributed by atoms with E-state index in [0.29, 0.717) is 5.88 Å². The third kappa shape index (κ3) is 4.31. The first-order chi connectivity index (χ1) is 12.3. The molecule has 1 N–H and O–H groups in total. The molecule has 0 amide bonds. The lowest BCUT2D eigenvalue weighted by Crippen LogP contribution is -2.23. The van der Waals surface area contributed by atoms with E-state index >= 15 is 0 Å². The van der Waals surface area contributed by atoms with Crippen LogP contribution in [0.4, 0.5) is 0 Å². The molecule has 1 atom stereocenters. The molecular weight excluding hydrogens is 379 g/mol. The van der Waals surface area contributed by atoms with Crippen LogP contribution in [0.25, 0.3) is 6.08 Å². The van der Waals surface area contributed by atoms with Gasteiger partial charge in [0.1, 0.15) is 5.75 Å². The SMILES string of the molecule is C=Cc1c(CCC)nn(C)c1Oc1cc(O[C@@H](C)C(=O)O)c(Cl)cc1Cl. The molecule has 1 aromatic heterocycles. The summed E-state index contributed by atoms with van der Waals surface area (Å²) in [5, 5.41) is 13.9. The van der Waals surface area contributed by atoms with Gasteiger partial charge in [-0.1, -0.05) is 49.2 Å². The molecule has 26 heavy (non-hydrogen) atoms. The highest BCUT2D eigenvalue weighted by atomic mass is 35.5. The van der Waals surface area contributed by atoms with Gasteiger partial charge >= 0.3 is 5.97 Å². The Morgan fingerprint density at radius 1 is 1.38 bits per heavy atom. The van der Waals surface area contributed by atoms with E-state index in [4.69, 9.17) is 37.8 Å². The van der Waals surface area contributed by atoms with Gasteiger partial charge in [-0.3, -0.25) is 0 Å². The van der Waals surface area contributed by atoms with Crippen molar-refractivity contribution in [3.63, 3.8) is 0 Å². The maximum absolute atomic E-state index is 11.0. The van der Waals surface area contributed by atoms with Gasteiger partial charge in [-0.05, 0) is 19.4 Å². The second-order valence-corrected chi connectivity index (χ2v) is 6.47. The Morgan fingerprint density at radius 3 is 2.62 bits per heavy atom. The summed E-state index contributed by atoms with van der Waals surface area (Å²) in [5.74, 6) is -0.192. The van der Waals surface area contributed by atoms with Crippen molar-refractivity contribution >= 4 is 35.2 Å². The number of carboxylic acids is 1. The minimum absolute atomic E-state index is 0.164. The van der Waals surface area contributed by atoms with E-state index < -0.39 is 12.1 Å². The molecule has 8 heteroatoms. The largest absolute Gasteiger partial charge is 0.479 e. The topological polar surface area (TPSA) is 73.6 Å². The minimum atomic E-state index is -1.11. The number of aryl methyl sites for hydroxylation is 2. The van der Waals surface area contributed by atoms with Crippen LogP contribution in [-0.2, 0) is 18.3 Å². The normalized spacial score (nSPS) is 11.9. The van der Waals surface area contributed by atoms with E-state index in [0.717, 1.165) is 24.1 Å². The monoisotopic (exact) mass is 398 g/mol. The number of rotatable bonds is 8. The first kappa shape index (κ1) is 20.1. The molecule has 0 unspecified atom stereocenters. The van der Waals surface area contributed by atoms with E-state index in [1.165, 1.54) is 19.1 Å². The maximum atomic E-state index is 11.0. The Kier molecular flexibility index (Phi) is 6.56. The molecule has 0 spiro atoms. The van der Waals surface area contributed by atoms with Crippen LogP contribution in [0.3, 0.4) is 0 Å². The predicted molar refractivity (Wildman–Crippen MR) is 102 cm³/mol. The van der Waals surface area contributed by atoms with Crippen LogP contribution in [-0.4, -0.2) is 27.0 Å². The molecule has 0 bridgehead atoms. The second kappa shape index (κ2) is 8.47. The van der Waals surface area contributed by atoms with Crippen LogP contribution in [0.15, 0.2) is 18.7 Å². The van der Waals surface area contributed by atoms with Crippen molar-refractivity contribution in [2.45, 2.75) is 32.8 Å². The molecule has 0 saturated carbocycles. The highest BCUT2D eigenvalue weighted by molar-refractivity contribution is 6.36. The molecular formula is C18H20Cl2N2O4. The van der Waals surface area contributed by atoms with Gasteiger partial charge in [0.2, 0.25) is 5.88 Å². The average Bonchev–Trinajstić information content (AvgIpc) is 2.86. The Balaban J connectivity index is 2.41. The second-order valence-electron chi connectivity index (χ2n) is 5.66. The van der Waals surface area contributed by atoms with Gasteiger partial charge in [0.05, 0.1) is 21.3 Å². The zero-order chi connectivity index (χ0) is 19.4. The number of hydrogen-bond donors (Lipinski definition) is 1. The third-order valence-electron chi connectivity index (χ3n) is 3.64. The van der Waals surface area contributed by atoms with Crippen LogP contribution >= 0.6 is 23.2 Å².